The van der Waals surface area contributed by atoms with E-state index in [1.54, 1.807) is 19.1 Å². The number of benzene rings is 3. The van der Waals surface area contributed by atoms with E-state index in [9.17, 15) is 9.59 Å². The topological polar surface area (TPSA) is 71.1 Å². The van der Waals surface area contributed by atoms with Gasteiger partial charge in [0.25, 0.3) is 0 Å². The average molecular weight is 490 g/mol. The third-order valence-electron chi connectivity index (χ3n) is 7.12. The van der Waals surface area contributed by atoms with Gasteiger partial charge >= 0.3 is 6.03 Å². The number of carbonyl (C=O) groups is 2. The first kappa shape index (κ1) is 25.5. The predicted molar refractivity (Wildman–Crippen MR) is 141 cm³/mol. The number of fused-ring (bicyclic) bond motifs is 1. The Morgan fingerprint density at radius 2 is 1.64 bits per heavy atom. The van der Waals surface area contributed by atoms with Gasteiger partial charge in [0.05, 0.1) is 14.2 Å². The summed E-state index contributed by atoms with van der Waals surface area (Å²) in [6, 6.07) is 20.0. The number of nitrogens with zero attached hydrogens (tertiary/aromatic N) is 2. The smallest absolute Gasteiger partial charge is 0.318 e. The van der Waals surface area contributed by atoms with Gasteiger partial charge in [-0.1, -0.05) is 36.4 Å². The van der Waals surface area contributed by atoms with Crippen LogP contribution in [0.4, 0.5) is 4.79 Å². The molecular weight excluding hydrogens is 454 g/mol. The van der Waals surface area contributed by atoms with Crippen LogP contribution in [0.5, 0.6) is 11.5 Å². The third-order valence-corrected chi connectivity index (χ3v) is 7.12. The highest BCUT2D eigenvalue weighted by molar-refractivity contribution is 5.83. The molecule has 0 saturated carbocycles. The molecule has 1 N–H and O–H groups in total. The molecule has 7 heteroatoms. The van der Waals surface area contributed by atoms with Crippen molar-refractivity contribution in [3.63, 3.8) is 0 Å². The van der Waals surface area contributed by atoms with Crippen molar-refractivity contribution in [1.29, 1.82) is 0 Å². The zero-order valence-corrected chi connectivity index (χ0v) is 21.3. The van der Waals surface area contributed by atoms with Crippen LogP contribution in [0, 0.1) is 0 Å². The van der Waals surface area contributed by atoms with Gasteiger partial charge in [-0.25, -0.2) is 4.79 Å². The molecule has 1 aliphatic rings. The van der Waals surface area contributed by atoms with Crippen molar-refractivity contribution in [2.45, 2.75) is 38.4 Å². The lowest BCUT2D eigenvalue weighted by Crippen LogP contribution is -2.60. The summed E-state index contributed by atoms with van der Waals surface area (Å²) in [5, 5.41) is 5.34. The van der Waals surface area contributed by atoms with Crippen LogP contribution in [-0.4, -0.2) is 61.5 Å². The summed E-state index contributed by atoms with van der Waals surface area (Å²) in [6.45, 7) is 4.96. The van der Waals surface area contributed by atoms with Gasteiger partial charge in [0.1, 0.15) is 23.3 Å². The second kappa shape index (κ2) is 11.4. The summed E-state index contributed by atoms with van der Waals surface area (Å²) in [5.41, 5.74) is 1.32. The number of methoxy groups -OCH3 is 2. The lowest BCUT2D eigenvalue weighted by molar-refractivity contribution is -0.120. The molecule has 1 fully saturated rings. The van der Waals surface area contributed by atoms with Crippen LogP contribution in [0.2, 0.25) is 0 Å². The zero-order valence-electron chi connectivity index (χ0n) is 21.3. The quantitative estimate of drug-likeness (QED) is 0.444. The summed E-state index contributed by atoms with van der Waals surface area (Å²) >= 11 is 0. The molecule has 3 aromatic carbocycles. The number of rotatable bonds is 9. The fourth-order valence-electron chi connectivity index (χ4n) is 5.05. The zero-order chi connectivity index (χ0) is 25.5. The molecule has 1 heterocycles. The Morgan fingerprint density at radius 3 is 2.25 bits per heavy atom. The molecule has 1 saturated heterocycles. The summed E-state index contributed by atoms with van der Waals surface area (Å²) in [6.07, 6.45) is 2.15. The van der Waals surface area contributed by atoms with Crippen molar-refractivity contribution in [2.75, 3.05) is 33.9 Å². The van der Waals surface area contributed by atoms with E-state index in [1.165, 1.54) is 5.39 Å². The van der Waals surface area contributed by atoms with Gasteiger partial charge in [-0.2, -0.15) is 0 Å². The molecule has 3 aromatic rings. The Bertz CT molecular complexity index is 1180. The monoisotopic (exact) mass is 489 g/mol. The molecule has 0 spiro atoms. The second-order valence-electron chi connectivity index (χ2n) is 9.30. The van der Waals surface area contributed by atoms with E-state index in [0.29, 0.717) is 39.0 Å². The van der Waals surface area contributed by atoms with Crippen LogP contribution in [0.1, 0.15) is 30.9 Å². The number of piperidine rings is 1. The largest absolute Gasteiger partial charge is 0.497 e. The van der Waals surface area contributed by atoms with Crippen LogP contribution >= 0.6 is 0 Å². The molecular formula is C29H35N3O4. The van der Waals surface area contributed by atoms with Crippen molar-refractivity contribution >= 4 is 23.1 Å². The first-order valence-electron chi connectivity index (χ1n) is 12.4. The van der Waals surface area contributed by atoms with Crippen LogP contribution < -0.4 is 14.8 Å². The maximum Gasteiger partial charge on any atom is 0.318 e. The predicted octanol–water partition coefficient (Wildman–Crippen LogP) is 4.62. The molecule has 4 rings (SSSR count). The van der Waals surface area contributed by atoms with Gasteiger partial charge in [-0.15, -0.1) is 0 Å². The third kappa shape index (κ3) is 5.62. The van der Waals surface area contributed by atoms with Gasteiger partial charge in [0.2, 0.25) is 0 Å². The molecule has 0 atom stereocenters. The highest BCUT2D eigenvalue weighted by atomic mass is 16.5. The summed E-state index contributed by atoms with van der Waals surface area (Å²) in [7, 11) is 3.28. The van der Waals surface area contributed by atoms with E-state index in [-0.39, 0.29) is 6.03 Å². The molecule has 2 amide bonds. The lowest BCUT2D eigenvalue weighted by atomic mass is 9.87. The van der Waals surface area contributed by atoms with E-state index in [1.807, 2.05) is 43.3 Å². The van der Waals surface area contributed by atoms with E-state index in [2.05, 4.69) is 34.5 Å². The second-order valence-corrected chi connectivity index (χ2v) is 9.30. The van der Waals surface area contributed by atoms with Crippen LogP contribution in [-0.2, 0) is 17.9 Å². The van der Waals surface area contributed by atoms with Gasteiger partial charge in [-0.05, 0) is 59.9 Å². The number of likely N-dealkylation sites (tertiary alicyclic amines) is 1. The molecule has 0 bridgehead atoms. The summed E-state index contributed by atoms with van der Waals surface area (Å²) in [4.78, 5) is 29.6. The van der Waals surface area contributed by atoms with Crippen molar-refractivity contribution in [1.82, 2.24) is 15.1 Å². The number of hydrogen-bond acceptors (Lipinski definition) is 5. The molecule has 1 aliphatic heterocycles. The van der Waals surface area contributed by atoms with Crippen LogP contribution in [0.3, 0.4) is 0 Å². The van der Waals surface area contributed by atoms with Crippen LogP contribution in [0.25, 0.3) is 10.8 Å². The van der Waals surface area contributed by atoms with Gasteiger partial charge in [0, 0.05) is 38.8 Å². The van der Waals surface area contributed by atoms with Crippen LogP contribution in [0.15, 0.2) is 60.7 Å². The normalized spacial score (nSPS) is 15.3. The first-order valence-corrected chi connectivity index (χ1v) is 12.4. The van der Waals surface area contributed by atoms with Gasteiger partial charge in [-0.3, -0.25) is 4.90 Å². The maximum atomic E-state index is 13.2. The van der Waals surface area contributed by atoms with Crippen molar-refractivity contribution in [2.24, 2.45) is 0 Å². The number of likely N-dealkylation sites (N-methyl/N-ethyl adjacent to an activating group) is 1. The minimum atomic E-state index is -0.801. The number of ether oxygens (including phenoxy) is 2. The highest BCUT2D eigenvalue weighted by Gasteiger charge is 2.41. The highest BCUT2D eigenvalue weighted by Crippen LogP contribution is 2.30. The van der Waals surface area contributed by atoms with Crippen molar-refractivity contribution in [3.05, 3.63) is 71.8 Å². The molecule has 0 aromatic heterocycles. The fraction of sp³-hybridized carbons (Fsp3) is 0.379. The van der Waals surface area contributed by atoms with E-state index < -0.39 is 5.54 Å². The number of carbonyl (C=O) groups excluding carboxylic acids is 2. The molecule has 0 unspecified atom stereocenters. The minimum absolute atomic E-state index is 0.205. The SMILES string of the molecule is CCN(C(=O)NCc1ccc2ccccc2c1)C1(C=O)CCN(Cc2cc(OC)cc(OC)c2)CC1. The average Bonchev–Trinajstić information content (AvgIpc) is 2.92. The van der Waals surface area contributed by atoms with Crippen molar-refractivity contribution in [3.8, 4) is 11.5 Å². The Balaban J connectivity index is 1.38. The van der Waals surface area contributed by atoms with Crippen molar-refractivity contribution < 1.29 is 19.1 Å². The molecule has 0 radical (unpaired) electrons. The minimum Gasteiger partial charge on any atom is -0.497 e. The Labute approximate surface area is 213 Å². The maximum absolute atomic E-state index is 13.2. The molecule has 0 aliphatic carbocycles. The molecule has 190 valence electrons. The number of amides is 2. The van der Waals surface area contributed by atoms with E-state index in [4.69, 9.17) is 9.47 Å². The Morgan fingerprint density at radius 1 is 0.972 bits per heavy atom. The number of nitrogens with one attached hydrogen (secondary N) is 1. The number of aldehydes is 1. The van der Waals surface area contributed by atoms with Gasteiger partial charge < -0.3 is 24.5 Å². The standard InChI is InChI=1S/C29H35N3O4/c1-4-32(28(34)30-19-22-9-10-24-7-5-6-8-25(24)15-22)29(21-33)11-13-31(14-12-29)20-23-16-26(35-2)18-27(17-23)36-3/h5-10,15-18,21H,4,11-14,19-20H2,1-3H3,(H,30,34). The first-order chi connectivity index (χ1) is 17.5. The lowest BCUT2D eigenvalue weighted by Gasteiger charge is -2.45. The number of hydrogen-bond donors (Lipinski definition) is 1. The van der Waals surface area contributed by atoms with E-state index >= 15 is 0 Å². The molecule has 36 heavy (non-hydrogen) atoms. The number of urea groups is 1. The fourth-order valence-corrected chi connectivity index (χ4v) is 5.05. The summed E-state index contributed by atoms with van der Waals surface area (Å²) in [5.74, 6) is 1.51. The molecule has 7 nitrogen and oxygen atoms in total. The van der Waals surface area contributed by atoms with E-state index in [0.717, 1.165) is 40.8 Å². The Kier molecular flexibility index (Phi) is 8.10. The van der Waals surface area contributed by atoms with Gasteiger partial charge in [0.15, 0.2) is 0 Å². The Hall–Kier alpha value is -3.58. The summed E-state index contributed by atoms with van der Waals surface area (Å²) < 4.78 is 10.8.